The lowest BCUT2D eigenvalue weighted by molar-refractivity contribution is 0.0937. The van der Waals surface area contributed by atoms with Gasteiger partial charge in [0.05, 0.1) is 26.9 Å². The monoisotopic (exact) mass is 268 g/mol. The van der Waals surface area contributed by atoms with E-state index in [9.17, 15) is 4.79 Å². The Hall–Kier alpha value is -1.95. The van der Waals surface area contributed by atoms with Gasteiger partial charge in [0.25, 0.3) is 5.91 Å². The van der Waals surface area contributed by atoms with E-state index in [0.717, 1.165) is 0 Å². The van der Waals surface area contributed by atoms with Gasteiger partial charge in [-0.1, -0.05) is 0 Å². The molecule has 0 aliphatic rings. The summed E-state index contributed by atoms with van der Waals surface area (Å²) in [4.78, 5) is 12.1. The molecule has 1 aromatic carbocycles. The third kappa shape index (κ3) is 3.29. The highest BCUT2D eigenvalue weighted by atomic mass is 16.5. The summed E-state index contributed by atoms with van der Waals surface area (Å²) in [7, 11) is 4.48. The number of hydrogen-bond acceptors (Lipinski definition) is 5. The van der Waals surface area contributed by atoms with Gasteiger partial charge in [-0.15, -0.1) is 0 Å². The highest BCUT2D eigenvalue weighted by Gasteiger charge is 2.21. The van der Waals surface area contributed by atoms with Crippen molar-refractivity contribution in [3.8, 4) is 17.2 Å². The van der Waals surface area contributed by atoms with Gasteiger partial charge in [0, 0.05) is 12.6 Å². The van der Waals surface area contributed by atoms with Crippen molar-refractivity contribution in [1.29, 1.82) is 0 Å². The Labute approximate surface area is 112 Å². The zero-order valence-electron chi connectivity index (χ0n) is 11.6. The molecular weight excluding hydrogens is 248 g/mol. The number of nitrogens with two attached hydrogens (primary N) is 1. The Morgan fingerprint density at radius 1 is 1.21 bits per heavy atom. The van der Waals surface area contributed by atoms with E-state index in [1.807, 2.05) is 6.92 Å². The third-order valence-corrected chi connectivity index (χ3v) is 2.68. The molecule has 1 amide bonds. The van der Waals surface area contributed by atoms with Crippen LogP contribution in [0.2, 0.25) is 0 Å². The Morgan fingerprint density at radius 3 is 2.32 bits per heavy atom. The molecule has 0 aliphatic heterocycles. The predicted octanol–water partition coefficient (Wildman–Crippen LogP) is 0.789. The summed E-state index contributed by atoms with van der Waals surface area (Å²) in [5, 5.41) is 2.77. The first-order chi connectivity index (χ1) is 9.08. The highest BCUT2D eigenvalue weighted by Crippen LogP contribution is 2.39. The number of amides is 1. The summed E-state index contributed by atoms with van der Waals surface area (Å²) in [5.41, 5.74) is 5.86. The fourth-order valence-corrected chi connectivity index (χ4v) is 1.64. The van der Waals surface area contributed by atoms with Crippen LogP contribution in [0, 0.1) is 0 Å². The molecule has 106 valence electrons. The van der Waals surface area contributed by atoms with Gasteiger partial charge in [-0.3, -0.25) is 4.79 Å². The first-order valence-corrected chi connectivity index (χ1v) is 5.88. The minimum atomic E-state index is -0.268. The first-order valence-electron chi connectivity index (χ1n) is 5.88. The van der Waals surface area contributed by atoms with Crippen LogP contribution in [0.4, 0.5) is 0 Å². The molecule has 0 aliphatic carbocycles. The van der Waals surface area contributed by atoms with Crippen LogP contribution in [0.25, 0.3) is 0 Å². The number of hydrogen-bond donors (Lipinski definition) is 2. The van der Waals surface area contributed by atoms with Crippen LogP contribution in [0.1, 0.15) is 17.3 Å². The van der Waals surface area contributed by atoms with E-state index < -0.39 is 0 Å². The summed E-state index contributed by atoms with van der Waals surface area (Å²) < 4.78 is 15.6. The number of methoxy groups -OCH3 is 3. The summed E-state index contributed by atoms with van der Waals surface area (Å²) in [6.07, 6.45) is 0. The van der Waals surface area contributed by atoms with Crippen molar-refractivity contribution >= 4 is 5.91 Å². The number of benzene rings is 1. The Kier molecular flexibility index (Phi) is 5.44. The molecule has 0 radical (unpaired) electrons. The molecule has 1 atom stereocenters. The van der Waals surface area contributed by atoms with Crippen LogP contribution in [0.3, 0.4) is 0 Å². The molecule has 0 saturated heterocycles. The maximum absolute atomic E-state index is 12.1. The predicted molar refractivity (Wildman–Crippen MR) is 72.1 cm³/mol. The second-order valence-electron chi connectivity index (χ2n) is 3.99. The van der Waals surface area contributed by atoms with E-state index in [2.05, 4.69) is 5.32 Å². The average molecular weight is 268 g/mol. The molecule has 1 unspecified atom stereocenters. The average Bonchev–Trinajstić information content (AvgIpc) is 2.44. The second kappa shape index (κ2) is 6.84. The van der Waals surface area contributed by atoms with Gasteiger partial charge in [-0.05, 0) is 19.1 Å². The molecule has 0 fully saturated rings. The standard InChI is InChI=1S/C13H20N2O4/c1-8(7-14)15-13(16)9-5-6-10(17-2)12(19-4)11(9)18-3/h5-6,8H,7,14H2,1-4H3,(H,15,16). The van der Waals surface area contributed by atoms with Crippen LogP contribution in [-0.4, -0.2) is 39.8 Å². The van der Waals surface area contributed by atoms with Gasteiger partial charge >= 0.3 is 0 Å². The molecule has 0 heterocycles. The topological polar surface area (TPSA) is 82.8 Å². The first kappa shape index (κ1) is 15.1. The largest absolute Gasteiger partial charge is 0.493 e. The zero-order chi connectivity index (χ0) is 14.4. The Bertz CT molecular complexity index is 449. The number of carbonyl (C=O) groups is 1. The molecule has 0 bridgehead atoms. The van der Waals surface area contributed by atoms with Gasteiger partial charge in [0.2, 0.25) is 5.75 Å². The maximum Gasteiger partial charge on any atom is 0.255 e. The number of ether oxygens (including phenoxy) is 3. The molecule has 6 nitrogen and oxygen atoms in total. The molecular formula is C13H20N2O4. The highest BCUT2D eigenvalue weighted by molar-refractivity contribution is 5.98. The van der Waals surface area contributed by atoms with Crippen molar-refractivity contribution in [1.82, 2.24) is 5.32 Å². The molecule has 6 heteroatoms. The maximum atomic E-state index is 12.1. The van der Waals surface area contributed by atoms with Gasteiger partial charge in [-0.25, -0.2) is 0 Å². The third-order valence-electron chi connectivity index (χ3n) is 2.68. The molecule has 0 aromatic heterocycles. The molecule has 3 N–H and O–H groups in total. The van der Waals surface area contributed by atoms with Crippen LogP contribution < -0.4 is 25.3 Å². The van der Waals surface area contributed by atoms with E-state index in [0.29, 0.717) is 29.4 Å². The van der Waals surface area contributed by atoms with Crippen molar-refractivity contribution in [2.24, 2.45) is 5.73 Å². The summed E-state index contributed by atoms with van der Waals surface area (Å²) in [6.45, 7) is 2.19. The van der Waals surface area contributed by atoms with Crippen molar-refractivity contribution in [3.63, 3.8) is 0 Å². The lowest BCUT2D eigenvalue weighted by Crippen LogP contribution is -2.37. The molecule has 1 rings (SSSR count). The van der Waals surface area contributed by atoms with Crippen molar-refractivity contribution in [3.05, 3.63) is 17.7 Å². The quantitative estimate of drug-likeness (QED) is 0.797. The van der Waals surface area contributed by atoms with Gasteiger partial charge in [-0.2, -0.15) is 0 Å². The van der Waals surface area contributed by atoms with Crippen LogP contribution in [-0.2, 0) is 0 Å². The lowest BCUT2D eigenvalue weighted by atomic mass is 10.1. The second-order valence-corrected chi connectivity index (χ2v) is 3.99. The number of rotatable bonds is 6. The minimum Gasteiger partial charge on any atom is -0.493 e. The molecule has 0 spiro atoms. The van der Waals surface area contributed by atoms with Gasteiger partial charge in [0.1, 0.15) is 0 Å². The zero-order valence-corrected chi connectivity index (χ0v) is 11.6. The van der Waals surface area contributed by atoms with Gasteiger partial charge < -0.3 is 25.3 Å². The van der Waals surface area contributed by atoms with Gasteiger partial charge in [0.15, 0.2) is 11.5 Å². The number of carbonyl (C=O) groups excluding carboxylic acids is 1. The smallest absolute Gasteiger partial charge is 0.255 e. The van der Waals surface area contributed by atoms with E-state index in [4.69, 9.17) is 19.9 Å². The summed E-state index contributed by atoms with van der Waals surface area (Å²) in [5.74, 6) is 0.958. The molecule has 0 saturated carbocycles. The Balaban J connectivity index is 3.17. The summed E-state index contributed by atoms with van der Waals surface area (Å²) >= 11 is 0. The van der Waals surface area contributed by atoms with E-state index in [1.165, 1.54) is 21.3 Å². The van der Waals surface area contributed by atoms with Crippen molar-refractivity contribution < 1.29 is 19.0 Å². The fourth-order valence-electron chi connectivity index (χ4n) is 1.64. The van der Waals surface area contributed by atoms with Crippen molar-refractivity contribution in [2.75, 3.05) is 27.9 Å². The number of nitrogens with one attached hydrogen (secondary N) is 1. The van der Waals surface area contributed by atoms with E-state index >= 15 is 0 Å². The molecule has 19 heavy (non-hydrogen) atoms. The molecule has 1 aromatic rings. The lowest BCUT2D eigenvalue weighted by Gasteiger charge is -2.17. The van der Waals surface area contributed by atoms with Crippen LogP contribution >= 0.6 is 0 Å². The van der Waals surface area contributed by atoms with E-state index in [-0.39, 0.29) is 11.9 Å². The fraction of sp³-hybridized carbons (Fsp3) is 0.462. The Morgan fingerprint density at radius 2 is 1.84 bits per heavy atom. The minimum absolute atomic E-state index is 0.120. The van der Waals surface area contributed by atoms with Crippen LogP contribution in [0.5, 0.6) is 17.2 Å². The van der Waals surface area contributed by atoms with Crippen LogP contribution in [0.15, 0.2) is 12.1 Å². The SMILES string of the molecule is COc1ccc(C(=O)NC(C)CN)c(OC)c1OC. The van der Waals surface area contributed by atoms with E-state index in [1.54, 1.807) is 12.1 Å². The van der Waals surface area contributed by atoms with Crippen molar-refractivity contribution in [2.45, 2.75) is 13.0 Å². The summed E-state index contributed by atoms with van der Waals surface area (Å²) in [6, 6.07) is 3.16. The normalized spacial score (nSPS) is 11.6.